The van der Waals surface area contributed by atoms with E-state index in [4.69, 9.17) is 21.1 Å². The minimum atomic E-state index is -0.870. The van der Waals surface area contributed by atoms with Gasteiger partial charge in [-0.1, -0.05) is 17.7 Å². The molecule has 0 amide bonds. The van der Waals surface area contributed by atoms with Gasteiger partial charge in [-0.25, -0.2) is 0 Å². The number of nitrogens with one attached hydrogen (secondary N) is 1. The predicted octanol–water partition coefficient (Wildman–Crippen LogP) is 1.34. The van der Waals surface area contributed by atoms with E-state index < -0.39 is 5.41 Å². The van der Waals surface area contributed by atoms with Crippen LogP contribution in [-0.2, 0) is 20.7 Å². The summed E-state index contributed by atoms with van der Waals surface area (Å²) in [6.45, 7) is 0.531. The maximum absolute atomic E-state index is 12.2. The van der Waals surface area contributed by atoms with E-state index in [0.717, 1.165) is 11.1 Å². The fourth-order valence-corrected chi connectivity index (χ4v) is 2.89. The highest BCUT2D eigenvalue weighted by atomic mass is 35.5. The molecule has 1 unspecified atom stereocenters. The number of rotatable bonds is 1. The van der Waals surface area contributed by atoms with Crippen LogP contribution in [0.5, 0.6) is 0 Å². The van der Waals surface area contributed by atoms with Crippen molar-refractivity contribution in [1.29, 1.82) is 0 Å². The molecule has 0 aromatic heterocycles. The molecule has 1 atom stereocenters. The van der Waals surface area contributed by atoms with Crippen molar-refractivity contribution in [2.45, 2.75) is 6.42 Å². The summed E-state index contributed by atoms with van der Waals surface area (Å²) in [5.41, 5.74) is 4.52. The first kappa shape index (κ1) is 12.4. The highest BCUT2D eigenvalue weighted by Crippen LogP contribution is 2.40. The average Bonchev–Trinajstić information content (AvgIpc) is 2.57. The van der Waals surface area contributed by atoms with E-state index in [1.807, 2.05) is 12.1 Å². The van der Waals surface area contributed by atoms with E-state index in [2.05, 4.69) is 10.5 Å². The molecule has 3 rings (SSSR count). The van der Waals surface area contributed by atoms with Crippen LogP contribution in [0.25, 0.3) is 0 Å². The van der Waals surface area contributed by atoms with Gasteiger partial charge in [0.1, 0.15) is 12.1 Å². The van der Waals surface area contributed by atoms with Crippen molar-refractivity contribution < 1.29 is 14.3 Å². The van der Waals surface area contributed by atoms with Crippen LogP contribution < -0.4 is 5.43 Å². The lowest BCUT2D eigenvalue weighted by atomic mass is 9.84. The molecule has 5 nitrogen and oxygen atoms in total. The van der Waals surface area contributed by atoms with Crippen molar-refractivity contribution in [2.24, 2.45) is 10.5 Å². The zero-order valence-corrected chi connectivity index (χ0v) is 11.2. The number of fused-ring (bicyclic) bond motifs is 3. The molecule has 0 bridgehead atoms. The van der Waals surface area contributed by atoms with E-state index in [1.54, 1.807) is 6.07 Å². The van der Waals surface area contributed by atoms with Crippen molar-refractivity contribution in [3.63, 3.8) is 0 Å². The summed E-state index contributed by atoms with van der Waals surface area (Å²) >= 11 is 6.01. The van der Waals surface area contributed by atoms with Gasteiger partial charge >= 0.3 is 5.97 Å². The number of ether oxygens (including phenoxy) is 2. The van der Waals surface area contributed by atoms with Gasteiger partial charge in [0.2, 0.25) is 0 Å². The number of hydrogen-bond donors (Lipinski definition) is 1. The molecule has 1 N–H and O–H groups in total. The number of nitrogens with zero attached hydrogens (tertiary/aromatic N) is 1. The van der Waals surface area contributed by atoms with E-state index in [0.29, 0.717) is 17.2 Å². The number of carbonyl (C=O) groups is 1. The molecule has 100 valence electrons. The molecule has 1 heterocycles. The lowest BCUT2D eigenvalue weighted by Gasteiger charge is -2.24. The lowest BCUT2D eigenvalue weighted by molar-refractivity contribution is -0.151. The van der Waals surface area contributed by atoms with E-state index in [9.17, 15) is 4.79 Å². The predicted molar refractivity (Wildman–Crippen MR) is 70.1 cm³/mol. The van der Waals surface area contributed by atoms with Gasteiger partial charge in [0.25, 0.3) is 0 Å². The average molecular weight is 281 g/mol. The summed E-state index contributed by atoms with van der Waals surface area (Å²) in [5.74, 6) is -0.331. The molecule has 19 heavy (non-hydrogen) atoms. The van der Waals surface area contributed by atoms with Gasteiger partial charge in [-0.2, -0.15) is 5.10 Å². The zero-order valence-electron chi connectivity index (χ0n) is 10.4. The minimum Gasteiger partial charge on any atom is -0.468 e. The summed E-state index contributed by atoms with van der Waals surface area (Å²) in [6, 6.07) is 5.54. The number of methoxy groups -OCH3 is 1. The van der Waals surface area contributed by atoms with Crippen LogP contribution >= 0.6 is 11.6 Å². The Balaban J connectivity index is 2.16. The lowest BCUT2D eigenvalue weighted by Crippen LogP contribution is -2.42. The first-order valence-corrected chi connectivity index (χ1v) is 6.31. The fourth-order valence-electron chi connectivity index (χ4n) is 2.70. The van der Waals surface area contributed by atoms with Crippen molar-refractivity contribution >= 4 is 23.3 Å². The molecule has 0 radical (unpaired) electrons. The largest absolute Gasteiger partial charge is 0.468 e. The molecule has 1 aliphatic carbocycles. The van der Waals surface area contributed by atoms with Crippen LogP contribution in [0, 0.1) is 5.41 Å². The smallest absolute Gasteiger partial charge is 0.320 e. The first-order valence-electron chi connectivity index (χ1n) is 5.93. The second-order valence-electron chi connectivity index (χ2n) is 4.66. The quantitative estimate of drug-likeness (QED) is 0.789. The number of carbonyl (C=O) groups excluding carboxylic acids is 1. The Morgan fingerprint density at radius 2 is 2.42 bits per heavy atom. The molecule has 0 saturated carbocycles. The van der Waals surface area contributed by atoms with Gasteiger partial charge in [0.05, 0.1) is 19.4 Å². The van der Waals surface area contributed by atoms with E-state index in [1.165, 1.54) is 7.11 Å². The Morgan fingerprint density at radius 1 is 1.58 bits per heavy atom. The van der Waals surface area contributed by atoms with Gasteiger partial charge in [0, 0.05) is 10.6 Å². The zero-order chi connectivity index (χ0) is 13.5. The van der Waals surface area contributed by atoms with Crippen LogP contribution in [0.2, 0.25) is 5.02 Å². The third kappa shape index (κ3) is 1.81. The fraction of sp³-hybridized carbons (Fsp3) is 0.385. The molecule has 1 aromatic rings. The van der Waals surface area contributed by atoms with Crippen molar-refractivity contribution in [1.82, 2.24) is 5.43 Å². The summed E-state index contributed by atoms with van der Waals surface area (Å²) in [7, 11) is 1.38. The van der Waals surface area contributed by atoms with Gasteiger partial charge in [-0.3, -0.25) is 10.2 Å². The maximum atomic E-state index is 12.2. The Hall–Kier alpha value is -1.59. The van der Waals surface area contributed by atoms with Crippen LogP contribution in [0.1, 0.15) is 11.1 Å². The Labute approximate surface area is 115 Å². The highest BCUT2D eigenvalue weighted by Gasteiger charge is 2.51. The minimum absolute atomic E-state index is 0.248. The second-order valence-corrected chi connectivity index (χ2v) is 5.10. The topological polar surface area (TPSA) is 59.9 Å². The van der Waals surface area contributed by atoms with Gasteiger partial charge in [-0.15, -0.1) is 0 Å². The third-order valence-electron chi connectivity index (χ3n) is 3.55. The normalized spacial score (nSPS) is 24.6. The Morgan fingerprint density at radius 3 is 3.21 bits per heavy atom. The van der Waals surface area contributed by atoms with Crippen molar-refractivity contribution in [2.75, 3.05) is 20.4 Å². The molecule has 0 spiro atoms. The van der Waals surface area contributed by atoms with Crippen molar-refractivity contribution in [3.8, 4) is 0 Å². The number of halogens is 1. The summed E-state index contributed by atoms with van der Waals surface area (Å²) in [6.07, 6.45) is 0.496. The summed E-state index contributed by atoms with van der Waals surface area (Å²) in [4.78, 5) is 12.2. The van der Waals surface area contributed by atoms with E-state index in [-0.39, 0.29) is 19.3 Å². The van der Waals surface area contributed by atoms with Crippen LogP contribution in [0.3, 0.4) is 0 Å². The third-order valence-corrected chi connectivity index (χ3v) is 3.79. The number of hydrazone groups is 1. The highest BCUT2D eigenvalue weighted by molar-refractivity contribution is 6.31. The molecule has 0 fully saturated rings. The molecule has 0 saturated heterocycles. The second kappa shape index (κ2) is 4.51. The van der Waals surface area contributed by atoms with Crippen LogP contribution in [0.15, 0.2) is 23.3 Å². The molecule has 6 heteroatoms. The molecule has 1 aromatic carbocycles. The molecule has 2 aliphatic rings. The van der Waals surface area contributed by atoms with Crippen LogP contribution in [0.4, 0.5) is 0 Å². The number of esters is 1. The molecular formula is C13H13ClN2O3. The van der Waals surface area contributed by atoms with E-state index >= 15 is 0 Å². The van der Waals surface area contributed by atoms with Crippen LogP contribution in [-0.4, -0.2) is 32.1 Å². The Kier molecular flexibility index (Phi) is 2.95. The molecule has 1 aliphatic heterocycles. The number of benzene rings is 1. The van der Waals surface area contributed by atoms with Gasteiger partial charge in [0.15, 0.2) is 0 Å². The summed E-state index contributed by atoms with van der Waals surface area (Å²) in [5, 5.41) is 4.94. The summed E-state index contributed by atoms with van der Waals surface area (Å²) < 4.78 is 10.4. The maximum Gasteiger partial charge on any atom is 0.320 e. The standard InChI is InChI=1S/C13H13ClN2O3/c1-18-12(17)13-5-8-4-9(14)2-3-10(8)11(13)16-15-7-19-6-13/h2-4,15H,5-7H2,1H3. The van der Waals surface area contributed by atoms with Gasteiger partial charge < -0.3 is 9.47 Å². The monoisotopic (exact) mass is 280 g/mol. The van der Waals surface area contributed by atoms with Crippen molar-refractivity contribution in [3.05, 3.63) is 34.3 Å². The first-order chi connectivity index (χ1) is 9.17. The van der Waals surface area contributed by atoms with Gasteiger partial charge in [-0.05, 0) is 24.1 Å². The SMILES string of the molecule is COC(=O)C12COCNN=C1c1ccc(Cl)cc1C2. The number of hydrogen-bond acceptors (Lipinski definition) is 5. The Bertz CT molecular complexity index is 573. The molecular weight excluding hydrogens is 268 g/mol.